The average Bonchev–Trinajstić information content (AvgIpc) is 3.43. The van der Waals surface area contributed by atoms with Crippen LogP contribution in [-0.2, 0) is 0 Å². The zero-order valence-electron chi connectivity index (χ0n) is 18.4. The van der Waals surface area contributed by atoms with Crippen LogP contribution in [0.25, 0.3) is 0 Å². The maximum Gasteiger partial charge on any atom is 0.174 e. The van der Waals surface area contributed by atoms with Crippen molar-refractivity contribution >= 4 is 23.0 Å². The summed E-state index contributed by atoms with van der Waals surface area (Å²) in [5, 5.41) is 4.13. The molecule has 1 fully saturated rings. The fourth-order valence-electron chi connectivity index (χ4n) is 4.10. The van der Waals surface area contributed by atoms with Crippen LogP contribution in [0.5, 0.6) is 17.2 Å². The van der Waals surface area contributed by atoms with Crippen molar-refractivity contribution in [2.24, 2.45) is 0 Å². The Morgan fingerprint density at radius 3 is 2.18 bits per heavy atom. The summed E-state index contributed by atoms with van der Waals surface area (Å²) in [7, 11) is 1.65. The van der Waals surface area contributed by atoms with Gasteiger partial charge in [0, 0.05) is 23.3 Å². The van der Waals surface area contributed by atoms with Crippen molar-refractivity contribution in [1.82, 2.24) is 15.3 Å². The number of nitrogens with zero attached hydrogens (tertiary/aromatic N) is 2. The molecule has 0 saturated carbocycles. The Hall–Kier alpha value is -3.84. The summed E-state index contributed by atoms with van der Waals surface area (Å²) in [4.78, 5) is 10.2. The Morgan fingerprint density at radius 1 is 0.879 bits per heavy atom. The van der Waals surface area contributed by atoms with E-state index in [-0.39, 0.29) is 12.1 Å². The molecule has 0 amide bonds. The van der Waals surface area contributed by atoms with Gasteiger partial charge in [-0.1, -0.05) is 6.07 Å². The van der Waals surface area contributed by atoms with Crippen molar-refractivity contribution in [3.63, 3.8) is 0 Å². The van der Waals surface area contributed by atoms with Crippen LogP contribution in [-0.4, -0.2) is 22.2 Å². The predicted molar refractivity (Wildman–Crippen MR) is 133 cm³/mol. The van der Waals surface area contributed by atoms with Gasteiger partial charge in [-0.25, -0.2) is 0 Å². The maximum atomic E-state index is 5.99. The zero-order chi connectivity index (χ0) is 22.8. The van der Waals surface area contributed by atoms with Gasteiger partial charge in [0.25, 0.3) is 0 Å². The largest absolute Gasteiger partial charge is 0.497 e. The number of nitrogens with one attached hydrogen (secondary N) is 2. The summed E-state index contributed by atoms with van der Waals surface area (Å²) >= 11 is 5.77. The predicted octanol–water partition coefficient (Wildman–Crippen LogP) is 5.70. The lowest BCUT2D eigenvalue weighted by Crippen LogP contribution is -2.29. The van der Waals surface area contributed by atoms with Crippen molar-refractivity contribution in [2.75, 3.05) is 12.0 Å². The van der Waals surface area contributed by atoms with E-state index >= 15 is 0 Å². The molecule has 1 aliphatic rings. The summed E-state index contributed by atoms with van der Waals surface area (Å²) in [5.74, 6) is 2.29. The number of pyridine rings is 1. The lowest BCUT2D eigenvalue weighted by molar-refractivity contribution is 0.413. The maximum absolute atomic E-state index is 5.99. The number of rotatable bonds is 6. The Labute approximate surface area is 198 Å². The minimum atomic E-state index is -0.0769. The molecule has 0 bridgehead atoms. The molecule has 7 heteroatoms. The lowest BCUT2D eigenvalue weighted by atomic mass is 10.0. The van der Waals surface area contributed by atoms with Gasteiger partial charge in [-0.2, -0.15) is 0 Å². The second-order valence-corrected chi connectivity index (χ2v) is 8.25. The SMILES string of the molecule is COc1ccc(Oc2ccc(N3C(=S)NC(c4ccccn4)C3c3ccc(C)[nH]3)cc2)cc1. The van der Waals surface area contributed by atoms with Crippen LogP contribution in [0.15, 0.2) is 85.1 Å². The molecule has 0 radical (unpaired) electrons. The number of benzene rings is 2. The topological polar surface area (TPSA) is 62.4 Å². The molecule has 2 aromatic carbocycles. The second kappa shape index (κ2) is 8.96. The highest BCUT2D eigenvalue weighted by atomic mass is 32.1. The number of methoxy groups -OCH3 is 1. The van der Waals surface area contributed by atoms with Crippen molar-refractivity contribution in [1.29, 1.82) is 0 Å². The van der Waals surface area contributed by atoms with Crippen LogP contribution in [0.4, 0.5) is 5.69 Å². The number of aryl methyl sites for hydroxylation is 1. The highest BCUT2D eigenvalue weighted by molar-refractivity contribution is 7.80. The molecule has 2 atom stereocenters. The van der Waals surface area contributed by atoms with E-state index in [9.17, 15) is 0 Å². The normalized spacial score (nSPS) is 17.6. The van der Waals surface area contributed by atoms with Crippen LogP contribution >= 0.6 is 12.2 Å². The van der Waals surface area contributed by atoms with Crippen LogP contribution in [0.1, 0.15) is 29.2 Å². The Kier molecular flexibility index (Phi) is 5.71. The van der Waals surface area contributed by atoms with E-state index < -0.39 is 0 Å². The van der Waals surface area contributed by atoms with Gasteiger partial charge in [0.05, 0.1) is 18.8 Å². The molecule has 0 spiro atoms. The molecule has 2 unspecified atom stereocenters. The first-order valence-corrected chi connectivity index (χ1v) is 11.1. The number of hydrogen-bond acceptors (Lipinski definition) is 4. The molecular formula is C26H24N4O2S. The van der Waals surface area contributed by atoms with Crippen molar-refractivity contribution in [3.05, 3.63) is 102 Å². The van der Waals surface area contributed by atoms with Crippen LogP contribution < -0.4 is 19.7 Å². The van der Waals surface area contributed by atoms with Crippen molar-refractivity contribution in [3.8, 4) is 17.2 Å². The summed E-state index contributed by atoms with van der Waals surface area (Å²) in [5.41, 5.74) is 4.10. The quantitative estimate of drug-likeness (QED) is 0.363. The standard InChI is InChI=1S/C26H24N4O2S/c1-17-6-15-23(28-17)25-24(22-5-3-4-16-27-22)29-26(33)30(25)18-7-9-20(10-8-18)32-21-13-11-19(31-2)12-14-21/h3-16,24-25,28H,1-2H3,(H,29,33). The third-order valence-electron chi connectivity index (χ3n) is 5.68. The number of hydrogen-bond donors (Lipinski definition) is 2. The molecule has 2 aromatic heterocycles. The number of ether oxygens (including phenoxy) is 2. The zero-order valence-corrected chi connectivity index (χ0v) is 19.2. The minimum Gasteiger partial charge on any atom is -0.497 e. The molecular weight excluding hydrogens is 432 g/mol. The third kappa shape index (κ3) is 4.27. The first kappa shape index (κ1) is 21.0. The molecule has 1 aliphatic heterocycles. The van der Waals surface area contributed by atoms with Gasteiger partial charge in [-0.05, 0) is 91.9 Å². The molecule has 4 aromatic rings. The molecule has 3 heterocycles. The summed E-state index contributed by atoms with van der Waals surface area (Å²) in [6.07, 6.45) is 1.81. The molecule has 33 heavy (non-hydrogen) atoms. The monoisotopic (exact) mass is 456 g/mol. The number of thiocarbonyl (C=S) groups is 1. The molecule has 166 valence electrons. The number of aromatic nitrogens is 2. The summed E-state index contributed by atoms with van der Waals surface area (Å²) in [6, 6.07) is 25.5. The van der Waals surface area contributed by atoms with E-state index in [1.54, 1.807) is 7.11 Å². The lowest BCUT2D eigenvalue weighted by Gasteiger charge is -2.27. The van der Waals surface area contributed by atoms with Gasteiger partial charge < -0.3 is 24.7 Å². The van der Waals surface area contributed by atoms with E-state index in [4.69, 9.17) is 21.7 Å². The van der Waals surface area contributed by atoms with Gasteiger partial charge in [0.2, 0.25) is 0 Å². The molecule has 2 N–H and O–H groups in total. The van der Waals surface area contributed by atoms with Gasteiger partial charge in [-0.3, -0.25) is 4.98 Å². The van der Waals surface area contributed by atoms with E-state index in [1.807, 2.05) is 72.9 Å². The van der Waals surface area contributed by atoms with Gasteiger partial charge >= 0.3 is 0 Å². The number of H-pyrrole nitrogens is 1. The molecule has 0 aliphatic carbocycles. The second-order valence-electron chi connectivity index (χ2n) is 7.86. The van der Waals surface area contributed by atoms with Crippen LogP contribution in [0.3, 0.4) is 0 Å². The van der Waals surface area contributed by atoms with E-state index in [2.05, 4.69) is 39.2 Å². The first-order valence-electron chi connectivity index (χ1n) is 10.7. The van der Waals surface area contributed by atoms with E-state index in [1.165, 1.54) is 0 Å². The molecule has 1 saturated heterocycles. The highest BCUT2D eigenvalue weighted by Gasteiger charge is 2.41. The fraction of sp³-hybridized carbons (Fsp3) is 0.154. The van der Waals surface area contributed by atoms with Gasteiger partial charge in [0.15, 0.2) is 5.11 Å². The Morgan fingerprint density at radius 2 is 1.58 bits per heavy atom. The van der Waals surface area contributed by atoms with Gasteiger partial charge in [0.1, 0.15) is 23.3 Å². The third-order valence-corrected chi connectivity index (χ3v) is 6.00. The Balaban J connectivity index is 1.44. The smallest absolute Gasteiger partial charge is 0.174 e. The van der Waals surface area contributed by atoms with Crippen molar-refractivity contribution in [2.45, 2.75) is 19.0 Å². The number of anilines is 1. The fourth-order valence-corrected chi connectivity index (χ4v) is 4.45. The summed E-state index contributed by atoms with van der Waals surface area (Å²) in [6.45, 7) is 2.05. The first-order chi connectivity index (χ1) is 16.1. The van der Waals surface area contributed by atoms with E-state index in [0.717, 1.165) is 40.0 Å². The molecule has 5 rings (SSSR count). The number of aromatic amines is 1. The summed E-state index contributed by atoms with van der Waals surface area (Å²) < 4.78 is 11.2. The van der Waals surface area contributed by atoms with E-state index in [0.29, 0.717) is 5.11 Å². The van der Waals surface area contributed by atoms with Crippen LogP contribution in [0, 0.1) is 6.92 Å². The van der Waals surface area contributed by atoms with Crippen LogP contribution in [0.2, 0.25) is 0 Å². The Bertz CT molecular complexity index is 1240. The highest BCUT2D eigenvalue weighted by Crippen LogP contribution is 2.41. The average molecular weight is 457 g/mol. The van der Waals surface area contributed by atoms with Crippen molar-refractivity contribution < 1.29 is 9.47 Å². The van der Waals surface area contributed by atoms with Gasteiger partial charge in [-0.15, -0.1) is 0 Å². The minimum absolute atomic E-state index is 0.0607. The molecule has 6 nitrogen and oxygen atoms in total.